The Kier molecular flexibility index (Phi) is 12.4. The highest BCUT2D eigenvalue weighted by molar-refractivity contribution is 5.94. The first-order chi connectivity index (χ1) is 25.7. The highest BCUT2D eigenvalue weighted by Gasteiger charge is 2.23. The third-order valence-corrected chi connectivity index (χ3v) is 9.82. The maximum Gasteiger partial charge on any atom is 0.405 e. The van der Waals surface area contributed by atoms with Gasteiger partial charge in [0.15, 0.2) is 0 Å². The van der Waals surface area contributed by atoms with Crippen LogP contribution in [0.3, 0.4) is 0 Å². The lowest BCUT2D eigenvalue weighted by Crippen LogP contribution is -2.37. The lowest BCUT2D eigenvalue weighted by atomic mass is 9.98. The molecule has 6 rings (SSSR count). The average molecular weight is 719 g/mol. The number of hydrogen-bond donors (Lipinski definition) is 6. The third kappa shape index (κ3) is 9.82. The van der Waals surface area contributed by atoms with Crippen molar-refractivity contribution in [3.8, 4) is 11.5 Å². The number of aromatic hydroxyl groups is 1. The molecule has 11 nitrogen and oxygen atoms in total. The Balaban J connectivity index is 1.03. The Morgan fingerprint density at radius 3 is 2.42 bits per heavy atom. The molecule has 4 aromatic carbocycles. The topological polar surface area (TPSA) is 164 Å². The Labute approximate surface area is 308 Å². The van der Waals surface area contributed by atoms with Gasteiger partial charge in [-0.1, -0.05) is 73.5 Å². The van der Waals surface area contributed by atoms with E-state index in [0.717, 1.165) is 29.5 Å². The van der Waals surface area contributed by atoms with Crippen LogP contribution in [0.1, 0.15) is 76.9 Å². The van der Waals surface area contributed by atoms with Crippen molar-refractivity contribution in [3.63, 3.8) is 0 Å². The summed E-state index contributed by atoms with van der Waals surface area (Å²) in [5, 5.41) is 37.0. The van der Waals surface area contributed by atoms with E-state index in [1.54, 1.807) is 12.1 Å². The molecule has 1 heterocycles. The second kappa shape index (κ2) is 17.7. The van der Waals surface area contributed by atoms with E-state index >= 15 is 0 Å². The van der Waals surface area contributed by atoms with Crippen molar-refractivity contribution in [3.05, 3.63) is 141 Å². The SMILES string of the molecule is O=C(O)NC(c1ccccc1)c1cccc(OCc2ccc(C(=O)N(CCCNC[C@@H](O)c3ccc(O)c4[nH]c(=O)ccc34)CC3CCCC3)cc2)c1. The van der Waals surface area contributed by atoms with E-state index in [1.165, 1.54) is 25.0 Å². The van der Waals surface area contributed by atoms with Crippen molar-refractivity contribution >= 4 is 22.9 Å². The summed E-state index contributed by atoms with van der Waals surface area (Å²) in [5.41, 5.74) is 3.66. The van der Waals surface area contributed by atoms with Crippen LogP contribution in [0.5, 0.6) is 11.5 Å². The highest BCUT2D eigenvalue weighted by atomic mass is 16.5. The molecule has 0 bridgehead atoms. The number of carboxylic acid groups (broad SMARTS) is 1. The number of carbonyl (C=O) groups excluding carboxylic acids is 1. The monoisotopic (exact) mass is 718 g/mol. The van der Waals surface area contributed by atoms with Crippen LogP contribution in [-0.2, 0) is 6.61 Å². The van der Waals surface area contributed by atoms with Crippen LogP contribution in [0.4, 0.5) is 4.79 Å². The molecule has 2 atom stereocenters. The smallest absolute Gasteiger partial charge is 0.405 e. The van der Waals surface area contributed by atoms with Crippen molar-refractivity contribution < 1.29 is 29.6 Å². The largest absolute Gasteiger partial charge is 0.506 e. The summed E-state index contributed by atoms with van der Waals surface area (Å²) >= 11 is 0. The van der Waals surface area contributed by atoms with Crippen molar-refractivity contribution in [2.75, 3.05) is 26.2 Å². The first-order valence-corrected chi connectivity index (χ1v) is 18.1. The molecule has 53 heavy (non-hydrogen) atoms. The molecule has 1 fully saturated rings. The zero-order chi connectivity index (χ0) is 37.2. The number of hydrogen-bond acceptors (Lipinski definition) is 7. The minimum absolute atomic E-state index is 0.0143. The van der Waals surface area contributed by atoms with E-state index in [0.29, 0.717) is 59.8 Å². The van der Waals surface area contributed by atoms with Crippen molar-refractivity contribution in [1.29, 1.82) is 0 Å². The standard InChI is InChI=1S/C42H46N4O7/c47-36-20-18-34(35-19-21-38(49)44-40(35)36)37(48)25-43-22-7-23-46(26-28-8-4-5-9-28)41(50)31-16-14-29(15-17-31)27-53-33-13-6-12-32(24-33)39(45-42(51)52)30-10-2-1-3-11-30/h1-3,6,10-21,24,28,37,39,43,45,47-48H,4-5,7-9,22-23,25-27H2,(H,44,49)(H,51,52)/t37-,39?/m1/s1. The van der Waals surface area contributed by atoms with Crippen LogP contribution in [0.2, 0.25) is 0 Å². The van der Waals surface area contributed by atoms with E-state index in [4.69, 9.17) is 4.74 Å². The molecule has 0 saturated heterocycles. The lowest BCUT2D eigenvalue weighted by Gasteiger charge is -2.26. The summed E-state index contributed by atoms with van der Waals surface area (Å²) < 4.78 is 6.09. The maximum atomic E-state index is 13.8. The zero-order valence-corrected chi connectivity index (χ0v) is 29.5. The van der Waals surface area contributed by atoms with Crippen molar-refractivity contribution in [2.24, 2.45) is 5.92 Å². The molecule has 0 aliphatic heterocycles. The third-order valence-electron chi connectivity index (χ3n) is 9.82. The molecule has 1 unspecified atom stereocenters. The quantitative estimate of drug-likeness (QED) is 0.0629. The van der Waals surface area contributed by atoms with Crippen LogP contribution < -0.4 is 20.9 Å². The molecule has 0 radical (unpaired) electrons. The molecule has 1 saturated carbocycles. The molecular formula is C42H46N4O7. The Morgan fingerprint density at radius 1 is 0.906 bits per heavy atom. The van der Waals surface area contributed by atoms with E-state index in [1.807, 2.05) is 83.8 Å². The molecule has 2 amide bonds. The number of aromatic amines is 1. The molecule has 1 aromatic heterocycles. The number of H-pyrrole nitrogens is 1. The Bertz CT molecular complexity index is 2050. The summed E-state index contributed by atoms with van der Waals surface area (Å²) in [6, 6.07) is 29.8. The van der Waals surface area contributed by atoms with Gasteiger partial charge >= 0.3 is 6.09 Å². The first kappa shape index (κ1) is 37.1. The van der Waals surface area contributed by atoms with Crippen LogP contribution in [0.25, 0.3) is 10.9 Å². The number of aliphatic hydroxyl groups excluding tert-OH is 1. The number of aliphatic hydroxyl groups is 1. The molecule has 1 aliphatic rings. The minimum atomic E-state index is -1.12. The maximum absolute atomic E-state index is 13.8. The van der Waals surface area contributed by atoms with E-state index in [-0.39, 0.29) is 30.4 Å². The van der Waals surface area contributed by atoms with Gasteiger partial charge < -0.3 is 40.6 Å². The van der Waals surface area contributed by atoms with Gasteiger partial charge in [0.1, 0.15) is 18.1 Å². The normalized spacial score (nSPS) is 14.1. The summed E-state index contributed by atoms with van der Waals surface area (Å²) in [5.74, 6) is 1.02. The number of phenols is 1. The Morgan fingerprint density at radius 2 is 1.66 bits per heavy atom. The van der Waals surface area contributed by atoms with Crippen LogP contribution in [0, 0.1) is 5.92 Å². The van der Waals surface area contributed by atoms with E-state index in [2.05, 4.69) is 15.6 Å². The van der Waals surface area contributed by atoms with Gasteiger partial charge in [-0.15, -0.1) is 0 Å². The van der Waals surface area contributed by atoms with Crippen molar-refractivity contribution in [1.82, 2.24) is 20.5 Å². The van der Waals surface area contributed by atoms with Gasteiger partial charge in [-0.2, -0.15) is 0 Å². The Hall–Kier alpha value is -5.65. The fourth-order valence-corrected chi connectivity index (χ4v) is 7.08. The molecule has 1 aliphatic carbocycles. The summed E-state index contributed by atoms with van der Waals surface area (Å²) in [7, 11) is 0. The number of nitrogens with one attached hydrogen (secondary N) is 3. The van der Waals surface area contributed by atoms with Gasteiger partial charge in [0.25, 0.3) is 5.91 Å². The number of pyridine rings is 1. The number of ether oxygens (including phenoxy) is 1. The fraction of sp³-hybridized carbons (Fsp3) is 0.310. The zero-order valence-electron chi connectivity index (χ0n) is 29.5. The van der Waals surface area contributed by atoms with Gasteiger partial charge in [-0.25, -0.2) is 4.79 Å². The van der Waals surface area contributed by atoms with Gasteiger partial charge in [0, 0.05) is 36.7 Å². The summed E-state index contributed by atoms with van der Waals surface area (Å²) in [6.07, 6.45) is 3.35. The summed E-state index contributed by atoms with van der Waals surface area (Å²) in [4.78, 5) is 41.7. The van der Waals surface area contributed by atoms with Crippen LogP contribution in [-0.4, -0.2) is 63.4 Å². The molecule has 11 heteroatoms. The summed E-state index contributed by atoms with van der Waals surface area (Å²) in [6.45, 7) is 2.43. The van der Waals surface area contributed by atoms with Gasteiger partial charge in [-0.05, 0) is 90.4 Å². The molecule has 6 N–H and O–H groups in total. The molecule has 5 aromatic rings. The number of fused-ring (bicyclic) bond motifs is 1. The van der Waals surface area contributed by atoms with Crippen molar-refractivity contribution in [2.45, 2.75) is 50.9 Å². The number of carbonyl (C=O) groups is 2. The first-order valence-electron chi connectivity index (χ1n) is 18.1. The number of nitrogens with zero attached hydrogens (tertiary/aromatic N) is 1. The predicted octanol–water partition coefficient (Wildman–Crippen LogP) is 6.52. The lowest BCUT2D eigenvalue weighted by molar-refractivity contribution is 0.0726. The van der Waals surface area contributed by atoms with E-state index in [9.17, 15) is 29.7 Å². The number of phenolic OH excluding ortho intramolecular Hbond substituents is 1. The molecular weight excluding hydrogens is 672 g/mol. The number of rotatable bonds is 16. The predicted molar refractivity (Wildman–Crippen MR) is 203 cm³/mol. The second-order valence-corrected chi connectivity index (χ2v) is 13.6. The number of amides is 2. The fourth-order valence-electron chi connectivity index (χ4n) is 7.08. The van der Waals surface area contributed by atoms with Gasteiger partial charge in [0.05, 0.1) is 17.7 Å². The van der Waals surface area contributed by atoms with Gasteiger partial charge in [0.2, 0.25) is 5.56 Å². The van der Waals surface area contributed by atoms with Gasteiger partial charge in [-0.3, -0.25) is 9.59 Å². The van der Waals surface area contributed by atoms with Crippen LogP contribution in [0.15, 0.2) is 108 Å². The van der Waals surface area contributed by atoms with Crippen LogP contribution >= 0.6 is 0 Å². The number of benzene rings is 4. The molecule has 276 valence electrons. The highest BCUT2D eigenvalue weighted by Crippen LogP contribution is 2.29. The minimum Gasteiger partial charge on any atom is -0.506 e. The number of aromatic nitrogens is 1. The average Bonchev–Trinajstić information content (AvgIpc) is 3.69. The second-order valence-electron chi connectivity index (χ2n) is 13.6. The van der Waals surface area contributed by atoms with E-state index < -0.39 is 18.2 Å². The molecule has 0 spiro atoms.